The van der Waals surface area contributed by atoms with Gasteiger partial charge >= 0.3 is 6.09 Å². The molecule has 0 bridgehead atoms. The molecule has 2 aliphatic heterocycles. The maximum absolute atomic E-state index is 14.1. The molecule has 2 heterocycles. The molecule has 10 nitrogen and oxygen atoms in total. The smallest absolute Gasteiger partial charge is 0.409 e. The van der Waals surface area contributed by atoms with E-state index in [2.05, 4.69) is 5.32 Å². The van der Waals surface area contributed by atoms with Crippen LogP contribution in [0, 0.1) is 11.2 Å². The normalized spacial score (nSPS) is 19.0. The van der Waals surface area contributed by atoms with Crippen LogP contribution in [0.15, 0.2) is 72.8 Å². The van der Waals surface area contributed by atoms with Crippen LogP contribution in [0.5, 0.6) is 0 Å². The second kappa shape index (κ2) is 10.7. The molecule has 4 N–H and O–H groups in total. The van der Waals surface area contributed by atoms with Gasteiger partial charge in [-0.1, -0.05) is 36.4 Å². The first-order chi connectivity index (χ1) is 19.2. The van der Waals surface area contributed by atoms with E-state index in [1.807, 2.05) is 0 Å². The quantitative estimate of drug-likeness (QED) is 0.423. The fraction of sp³-hybridized carbons (Fsp3) is 0.241. The number of halogens is 1. The third kappa shape index (κ3) is 4.81. The van der Waals surface area contributed by atoms with Crippen molar-refractivity contribution >= 4 is 29.6 Å². The van der Waals surface area contributed by atoms with Crippen LogP contribution in [-0.4, -0.2) is 71.9 Å². The van der Waals surface area contributed by atoms with Crippen molar-refractivity contribution in [1.29, 1.82) is 5.41 Å². The number of nitrogens with two attached hydrogens (primary N) is 1. The average molecular weight is 545 g/mol. The minimum absolute atomic E-state index is 0.0349. The predicted molar refractivity (Wildman–Crippen MR) is 146 cm³/mol. The molecule has 40 heavy (non-hydrogen) atoms. The van der Waals surface area contributed by atoms with E-state index in [9.17, 15) is 18.8 Å². The Hall–Kier alpha value is -4.93. The second-order valence-corrected chi connectivity index (χ2v) is 9.70. The number of rotatable bonds is 5. The lowest BCUT2D eigenvalue weighted by Gasteiger charge is -2.34. The Bertz CT molecular complexity index is 1470. The van der Waals surface area contributed by atoms with Crippen molar-refractivity contribution in [3.63, 3.8) is 0 Å². The van der Waals surface area contributed by atoms with Crippen molar-refractivity contribution < 1.29 is 23.5 Å². The van der Waals surface area contributed by atoms with Gasteiger partial charge in [0.05, 0.1) is 13.7 Å². The number of amides is 3. The molecule has 3 aromatic carbocycles. The highest BCUT2D eigenvalue weighted by atomic mass is 19.1. The fourth-order valence-corrected chi connectivity index (χ4v) is 5.17. The summed E-state index contributed by atoms with van der Waals surface area (Å²) in [5, 5.41) is 11.7. The highest BCUT2D eigenvalue weighted by molar-refractivity contribution is 6.10. The van der Waals surface area contributed by atoms with E-state index in [0.717, 1.165) is 0 Å². The number of nitrogens with one attached hydrogen (secondary N) is 2. The van der Waals surface area contributed by atoms with Crippen LogP contribution >= 0.6 is 0 Å². The molecule has 2 saturated heterocycles. The van der Waals surface area contributed by atoms with E-state index >= 15 is 0 Å². The SMILES string of the molecule is COC(=O)N1CCN(C(=O)c2cccc(CN3C(=N)NC(c4ccc(F)cc4)(c4cccc(N)c4)C3=O)c2)CC1. The van der Waals surface area contributed by atoms with Gasteiger partial charge in [0, 0.05) is 37.4 Å². The zero-order chi connectivity index (χ0) is 28.4. The number of benzene rings is 3. The van der Waals surface area contributed by atoms with Gasteiger partial charge in [-0.3, -0.25) is 19.9 Å². The van der Waals surface area contributed by atoms with Crippen LogP contribution in [-0.2, 0) is 21.6 Å². The highest BCUT2D eigenvalue weighted by Crippen LogP contribution is 2.37. The number of carbonyl (C=O) groups excluding carboxylic acids is 3. The molecular formula is C29H29FN6O4. The maximum Gasteiger partial charge on any atom is 0.409 e. The molecule has 2 fully saturated rings. The van der Waals surface area contributed by atoms with Crippen molar-refractivity contribution in [1.82, 2.24) is 20.0 Å². The number of ether oxygens (including phenoxy) is 1. The summed E-state index contributed by atoms with van der Waals surface area (Å²) in [6, 6.07) is 19.3. The van der Waals surface area contributed by atoms with Gasteiger partial charge in [0.15, 0.2) is 11.5 Å². The van der Waals surface area contributed by atoms with Crippen LogP contribution in [0.1, 0.15) is 27.0 Å². The summed E-state index contributed by atoms with van der Waals surface area (Å²) in [6.07, 6.45) is -0.421. The Labute approximate surface area is 230 Å². The summed E-state index contributed by atoms with van der Waals surface area (Å²) in [6.45, 7) is 1.53. The molecule has 0 aromatic heterocycles. The van der Waals surface area contributed by atoms with Crippen molar-refractivity contribution in [2.75, 3.05) is 39.0 Å². The van der Waals surface area contributed by atoms with Gasteiger partial charge in [0.2, 0.25) is 0 Å². The summed E-state index contributed by atoms with van der Waals surface area (Å²) < 4.78 is 18.5. The zero-order valence-electron chi connectivity index (χ0n) is 21.9. The number of nitrogen functional groups attached to an aromatic ring is 1. The Morgan fingerprint density at radius 2 is 1.65 bits per heavy atom. The lowest BCUT2D eigenvalue weighted by Crippen LogP contribution is -2.50. The summed E-state index contributed by atoms with van der Waals surface area (Å²) in [7, 11) is 1.32. The summed E-state index contributed by atoms with van der Waals surface area (Å²) in [4.78, 5) is 43.6. The number of anilines is 1. The van der Waals surface area contributed by atoms with E-state index in [-0.39, 0.29) is 18.4 Å². The largest absolute Gasteiger partial charge is 0.453 e. The Morgan fingerprint density at radius 3 is 2.33 bits per heavy atom. The number of methoxy groups -OCH3 is 1. The van der Waals surface area contributed by atoms with Crippen LogP contribution in [0.25, 0.3) is 0 Å². The third-order valence-electron chi connectivity index (χ3n) is 7.25. The van der Waals surface area contributed by atoms with E-state index in [1.54, 1.807) is 58.3 Å². The number of nitrogens with zero attached hydrogens (tertiary/aromatic N) is 3. The first kappa shape index (κ1) is 26.7. The molecule has 0 saturated carbocycles. The first-order valence-corrected chi connectivity index (χ1v) is 12.7. The molecule has 1 unspecified atom stereocenters. The molecule has 0 aliphatic carbocycles. The van der Waals surface area contributed by atoms with Gasteiger partial charge in [0.25, 0.3) is 11.8 Å². The van der Waals surface area contributed by atoms with E-state index in [0.29, 0.717) is 54.1 Å². The Balaban J connectivity index is 1.39. The fourth-order valence-electron chi connectivity index (χ4n) is 5.17. The zero-order valence-corrected chi connectivity index (χ0v) is 21.9. The van der Waals surface area contributed by atoms with Crippen molar-refractivity contribution in [3.8, 4) is 0 Å². The standard InChI is InChI=1S/C29H29FN6O4/c1-40-28(39)35-14-12-34(13-15-35)25(37)20-5-2-4-19(16-20)18-36-26(38)29(33-27(36)32,21-8-10-23(30)11-9-21)22-6-3-7-24(31)17-22/h2-11,16-17H,12-15,18,31H2,1H3,(H2,32,33). The minimum Gasteiger partial charge on any atom is -0.453 e. The minimum atomic E-state index is -1.48. The number of hydrogen-bond acceptors (Lipinski definition) is 6. The maximum atomic E-state index is 14.1. The van der Waals surface area contributed by atoms with Crippen LogP contribution in [0.2, 0.25) is 0 Å². The van der Waals surface area contributed by atoms with E-state index in [1.165, 1.54) is 36.3 Å². The molecule has 5 rings (SSSR count). The van der Waals surface area contributed by atoms with E-state index < -0.39 is 23.4 Å². The molecule has 11 heteroatoms. The van der Waals surface area contributed by atoms with Crippen LogP contribution in [0.3, 0.4) is 0 Å². The van der Waals surface area contributed by atoms with Gasteiger partial charge in [-0.15, -0.1) is 0 Å². The summed E-state index contributed by atoms with van der Waals surface area (Å²) in [5.74, 6) is -1.19. The van der Waals surface area contributed by atoms with Crippen LogP contribution in [0.4, 0.5) is 14.9 Å². The molecule has 2 aliphatic rings. The molecular weight excluding hydrogens is 515 g/mol. The number of guanidine groups is 1. The molecule has 0 radical (unpaired) electrons. The van der Waals surface area contributed by atoms with Gasteiger partial charge in [0.1, 0.15) is 5.82 Å². The molecule has 1 atom stereocenters. The molecule has 3 aromatic rings. The molecule has 206 valence electrons. The lowest BCUT2D eigenvalue weighted by molar-refractivity contribution is -0.130. The number of piperazine rings is 1. The summed E-state index contributed by atoms with van der Waals surface area (Å²) >= 11 is 0. The topological polar surface area (TPSA) is 132 Å². The lowest BCUT2D eigenvalue weighted by atomic mass is 9.82. The van der Waals surface area contributed by atoms with Crippen molar-refractivity contribution in [2.45, 2.75) is 12.1 Å². The van der Waals surface area contributed by atoms with Crippen LogP contribution < -0.4 is 11.1 Å². The molecule has 0 spiro atoms. The molecule has 3 amide bonds. The summed E-state index contributed by atoms with van der Waals surface area (Å²) in [5.41, 5.74) is 7.08. The van der Waals surface area contributed by atoms with Gasteiger partial charge in [-0.05, 0) is 53.1 Å². The van der Waals surface area contributed by atoms with E-state index in [4.69, 9.17) is 15.9 Å². The van der Waals surface area contributed by atoms with Crippen molar-refractivity contribution in [2.24, 2.45) is 0 Å². The average Bonchev–Trinajstić information content (AvgIpc) is 3.22. The van der Waals surface area contributed by atoms with Gasteiger partial charge in [-0.2, -0.15) is 0 Å². The Morgan fingerprint density at radius 1 is 0.975 bits per heavy atom. The van der Waals surface area contributed by atoms with Gasteiger partial charge < -0.3 is 25.6 Å². The predicted octanol–water partition coefficient (Wildman–Crippen LogP) is 2.74. The Kier molecular flexibility index (Phi) is 7.12. The van der Waals surface area contributed by atoms with Crippen molar-refractivity contribution in [3.05, 3.63) is 101 Å². The monoisotopic (exact) mass is 544 g/mol. The third-order valence-corrected chi connectivity index (χ3v) is 7.25. The van der Waals surface area contributed by atoms with Gasteiger partial charge in [-0.25, -0.2) is 9.18 Å². The number of hydrogen-bond donors (Lipinski definition) is 3. The second-order valence-electron chi connectivity index (χ2n) is 9.70. The number of carbonyl (C=O) groups is 3. The highest BCUT2D eigenvalue weighted by Gasteiger charge is 2.52. The first-order valence-electron chi connectivity index (χ1n) is 12.7.